The number of furan rings is 1. The zero-order chi connectivity index (χ0) is 15.0. The third-order valence-electron chi connectivity index (χ3n) is 4.26. The van der Waals surface area contributed by atoms with Gasteiger partial charge in [0.2, 0.25) is 0 Å². The molecule has 2 aromatic heterocycles. The van der Waals surface area contributed by atoms with Crippen LogP contribution in [0.25, 0.3) is 11.5 Å². The van der Waals surface area contributed by atoms with Crippen molar-refractivity contribution >= 4 is 5.91 Å². The lowest BCUT2D eigenvalue weighted by atomic mass is 9.96. The average molecular weight is 288 g/mol. The molecule has 5 nitrogen and oxygen atoms in total. The fraction of sp³-hybridized carbons (Fsp3) is 0.500. The fourth-order valence-corrected chi connectivity index (χ4v) is 3.16. The molecule has 0 saturated carbocycles. The van der Waals surface area contributed by atoms with E-state index in [-0.39, 0.29) is 18.0 Å². The normalized spacial score (nSPS) is 22.5. The number of carbonyl (C=O) groups excluding carboxylic acids is 1. The average Bonchev–Trinajstić information content (AvgIpc) is 3.07. The van der Waals surface area contributed by atoms with Crippen molar-refractivity contribution in [2.45, 2.75) is 52.1 Å². The molecule has 1 aliphatic heterocycles. The molecule has 2 aromatic rings. The lowest BCUT2D eigenvalue weighted by Gasteiger charge is -2.39. The molecular formula is C16H20N2O3. The van der Waals surface area contributed by atoms with Gasteiger partial charge in [-0.25, -0.2) is 0 Å². The van der Waals surface area contributed by atoms with Gasteiger partial charge >= 0.3 is 0 Å². The Balaban J connectivity index is 2.00. The summed E-state index contributed by atoms with van der Waals surface area (Å²) >= 11 is 0. The van der Waals surface area contributed by atoms with Crippen molar-refractivity contribution in [3.63, 3.8) is 0 Å². The maximum Gasteiger partial charge on any atom is 0.260 e. The maximum absolute atomic E-state index is 13.0. The summed E-state index contributed by atoms with van der Waals surface area (Å²) in [5, 5.41) is 4.01. The Bertz CT molecular complexity index is 620. The highest BCUT2D eigenvalue weighted by atomic mass is 16.5. The predicted molar refractivity (Wildman–Crippen MR) is 77.9 cm³/mol. The summed E-state index contributed by atoms with van der Waals surface area (Å²) in [6.45, 7) is 5.97. The summed E-state index contributed by atoms with van der Waals surface area (Å²) in [6.07, 6.45) is 4.81. The van der Waals surface area contributed by atoms with Crippen LogP contribution in [0.3, 0.4) is 0 Å². The Hall–Kier alpha value is -2.04. The molecule has 1 amide bonds. The van der Waals surface area contributed by atoms with Gasteiger partial charge in [0.05, 0.1) is 6.26 Å². The van der Waals surface area contributed by atoms with E-state index in [0.29, 0.717) is 22.8 Å². The van der Waals surface area contributed by atoms with Crippen LogP contribution in [0.5, 0.6) is 0 Å². The lowest BCUT2D eigenvalue weighted by molar-refractivity contribution is 0.0509. The number of aromatic nitrogens is 1. The first-order valence-corrected chi connectivity index (χ1v) is 7.42. The number of hydrogen-bond acceptors (Lipinski definition) is 4. The summed E-state index contributed by atoms with van der Waals surface area (Å²) in [6, 6.07) is 4.04. The van der Waals surface area contributed by atoms with Crippen LogP contribution in [0.1, 0.15) is 49.2 Å². The van der Waals surface area contributed by atoms with E-state index in [2.05, 4.69) is 19.0 Å². The van der Waals surface area contributed by atoms with E-state index in [4.69, 9.17) is 8.94 Å². The van der Waals surface area contributed by atoms with Crippen molar-refractivity contribution in [1.29, 1.82) is 0 Å². The Morgan fingerprint density at radius 1 is 1.33 bits per heavy atom. The number of hydrogen-bond donors (Lipinski definition) is 0. The largest absolute Gasteiger partial charge is 0.463 e. The molecule has 0 spiro atoms. The van der Waals surface area contributed by atoms with E-state index in [1.807, 2.05) is 4.90 Å². The first kappa shape index (κ1) is 13.9. The summed E-state index contributed by atoms with van der Waals surface area (Å²) in [4.78, 5) is 15.0. The second kappa shape index (κ2) is 5.39. The van der Waals surface area contributed by atoms with Crippen molar-refractivity contribution in [2.75, 3.05) is 0 Å². The zero-order valence-corrected chi connectivity index (χ0v) is 12.6. The van der Waals surface area contributed by atoms with Gasteiger partial charge in [0, 0.05) is 12.1 Å². The fourth-order valence-electron chi connectivity index (χ4n) is 3.16. The van der Waals surface area contributed by atoms with Crippen LogP contribution in [-0.4, -0.2) is 28.0 Å². The van der Waals surface area contributed by atoms with Crippen LogP contribution in [0.15, 0.2) is 27.3 Å². The van der Waals surface area contributed by atoms with Crippen molar-refractivity contribution < 1.29 is 13.7 Å². The number of nitrogens with zero attached hydrogens (tertiary/aromatic N) is 2. The molecule has 21 heavy (non-hydrogen) atoms. The van der Waals surface area contributed by atoms with Crippen LogP contribution >= 0.6 is 0 Å². The Morgan fingerprint density at radius 3 is 2.67 bits per heavy atom. The second-order valence-electron chi connectivity index (χ2n) is 5.78. The van der Waals surface area contributed by atoms with E-state index in [1.54, 1.807) is 25.3 Å². The monoisotopic (exact) mass is 288 g/mol. The van der Waals surface area contributed by atoms with Crippen molar-refractivity contribution in [3.05, 3.63) is 29.7 Å². The Morgan fingerprint density at radius 2 is 2.05 bits per heavy atom. The molecule has 0 bridgehead atoms. The van der Waals surface area contributed by atoms with Gasteiger partial charge in [0.15, 0.2) is 11.5 Å². The highest BCUT2D eigenvalue weighted by molar-refractivity contribution is 6.00. The molecule has 5 heteroatoms. The molecule has 0 radical (unpaired) electrons. The highest BCUT2D eigenvalue weighted by Crippen LogP contribution is 2.30. The Kier molecular flexibility index (Phi) is 3.57. The molecule has 1 aliphatic rings. The maximum atomic E-state index is 13.0. The van der Waals surface area contributed by atoms with Crippen molar-refractivity contribution in [3.8, 4) is 11.5 Å². The standard InChI is InChI=1S/C16H20N2O3/c1-10-6-4-7-11(2)18(10)16(19)14-12(3)21-17-15(14)13-8-5-9-20-13/h5,8-11H,4,6-7H2,1-3H3. The van der Waals surface area contributed by atoms with Gasteiger partial charge in [-0.3, -0.25) is 4.79 Å². The minimum absolute atomic E-state index is 0.0140. The van der Waals surface area contributed by atoms with Crippen LogP contribution in [0.4, 0.5) is 0 Å². The highest BCUT2D eigenvalue weighted by Gasteiger charge is 2.34. The quantitative estimate of drug-likeness (QED) is 0.846. The first-order valence-electron chi connectivity index (χ1n) is 7.42. The van der Waals surface area contributed by atoms with Crippen LogP contribution < -0.4 is 0 Å². The van der Waals surface area contributed by atoms with E-state index in [1.165, 1.54) is 6.42 Å². The van der Waals surface area contributed by atoms with E-state index in [9.17, 15) is 4.79 Å². The third-order valence-corrected chi connectivity index (χ3v) is 4.26. The van der Waals surface area contributed by atoms with Gasteiger partial charge in [-0.15, -0.1) is 0 Å². The number of likely N-dealkylation sites (tertiary alicyclic amines) is 1. The van der Waals surface area contributed by atoms with E-state index < -0.39 is 0 Å². The van der Waals surface area contributed by atoms with Crippen LogP contribution in [-0.2, 0) is 0 Å². The van der Waals surface area contributed by atoms with Crippen molar-refractivity contribution in [1.82, 2.24) is 10.1 Å². The van der Waals surface area contributed by atoms with Gasteiger partial charge in [0.1, 0.15) is 11.3 Å². The molecule has 0 aromatic carbocycles. The molecule has 0 N–H and O–H groups in total. The van der Waals surface area contributed by atoms with Crippen LogP contribution in [0, 0.1) is 6.92 Å². The number of carbonyl (C=O) groups is 1. The number of amides is 1. The topological polar surface area (TPSA) is 59.5 Å². The molecule has 1 saturated heterocycles. The first-order chi connectivity index (χ1) is 10.1. The second-order valence-corrected chi connectivity index (χ2v) is 5.78. The van der Waals surface area contributed by atoms with Gasteiger partial charge < -0.3 is 13.8 Å². The summed E-state index contributed by atoms with van der Waals surface area (Å²) in [7, 11) is 0. The van der Waals surface area contributed by atoms with Gasteiger partial charge in [-0.2, -0.15) is 0 Å². The van der Waals surface area contributed by atoms with Gasteiger partial charge in [0.25, 0.3) is 5.91 Å². The summed E-state index contributed by atoms with van der Waals surface area (Å²) in [5.41, 5.74) is 1.01. The van der Waals surface area contributed by atoms with Crippen molar-refractivity contribution in [2.24, 2.45) is 0 Å². The molecule has 0 aliphatic carbocycles. The smallest absolute Gasteiger partial charge is 0.260 e. The number of aryl methyl sites for hydroxylation is 1. The molecule has 2 atom stereocenters. The zero-order valence-electron chi connectivity index (χ0n) is 12.6. The molecular weight excluding hydrogens is 268 g/mol. The SMILES string of the molecule is Cc1onc(-c2ccco2)c1C(=O)N1C(C)CCCC1C. The summed E-state index contributed by atoms with van der Waals surface area (Å²) < 4.78 is 10.6. The third kappa shape index (κ3) is 2.37. The number of piperidine rings is 1. The molecule has 112 valence electrons. The number of rotatable bonds is 2. The van der Waals surface area contributed by atoms with Crippen LogP contribution in [0.2, 0.25) is 0 Å². The molecule has 2 unspecified atom stereocenters. The van der Waals surface area contributed by atoms with Gasteiger partial charge in [-0.05, 0) is 52.2 Å². The molecule has 1 fully saturated rings. The predicted octanol–water partition coefficient (Wildman–Crippen LogP) is 3.65. The minimum Gasteiger partial charge on any atom is -0.463 e. The Labute approximate surface area is 123 Å². The summed E-state index contributed by atoms with van der Waals surface area (Å²) in [5.74, 6) is 1.09. The molecule has 3 heterocycles. The van der Waals surface area contributed by atoms with Gasteiger partial charge in [-0.1, -0.05) is 5.16 Å². The molecule has 3 rings (SSSR count). The lowest BCUT2D eigenvalue weighted by Crippen LogP contribution is -2.47. The van der Waals surface area contributed by atoms with E-state index in [0.717, 1.165) is 12.8 Å². The minimum atomic E-state index is -0.0140. The van der Waals surface area contributed by atoms with E-state index >= 15 is 0 Å².